The summed E-state index contributed by atoms with van der Waals surface area (Å²) < 4.78 is 0. The molecule has 0 heterocycles. The molecule has 0 radical (unpaired) electrons. The lowest BCUT2D eigenvalue weighted by Gasteiger charge is -1.92. The van der Waals surface area contributed by atoms with Crippen molar-refractivity contribution in [1.82, 2.24) is 0 Å². The van der Waals surface area contributed by atoms with Gasteiger partial charge in [-0.25, -0.2) is 0 Å². The zero-order valence-electron chi connectivity index (χ0n) is 10.4. The highest BCUT2D eigenvalue weighted by Crippen LogP contribution is 2.02. The van der Waals surface area contributed by atoms with E-state index in [1.165, 1.54) is 5.56 Å². The van der Waals surface area contributed by atoms with E-state index in [0.717, 1.165) is 5.57 Å². The molecule has 0 N–H and O–H groups in total. The SMILES string of the molecule is CCC(=O)C(C)=CC=CC=Cc1ccccc1. The number of carbonyl (C=O) groups is 1. The van der Waals surface area contributed by atoms with Gasteiger partial charge < -0.3 is 0 Å². The molecule has 0 atom stereocenters. The first-order chi connectivity index (χ1) is 8.24. The molecule has 0 amide bonds. The fourth-order valence-electron chi connectivity index (χ4n) is 1.37. The van der Waals surface area contributed by atoms with Gasteiger partial charge in [0.05, 0.1) is 0 Å². The van der Waals surface area contributed by atoms with Crippen LogP contribution in [0.1, 0.15) is 25.8 Å². The molecule has 0 unspecified atom stereocenters. The van der Waals surface area contributed by atoms with Gasteiger partial charge in [0.1, 0.15) is 0 Å². The average molecular weight is 226 g/mol. The van der Waals surface area contributed by atoms with Crippen LogP contribution in [0.2, 0.25) is 0 Å². The molecule has 0 aliphatic rings. The van der Waals surface area contributed by atoms with E-state index < -0.39 is 0 Å². The molecule has 0 saturated heterocycles. The molecule has 0 bridgehead atoms. The molecule has 0 saturated carbocycles. The van der Waals surface area contributed by atoms with Crippen LogP contribution in [0.4, 0.5) is 0 Å². The van der Waals surface area contributed by atoms with Gasteiger partial charge in [-0.2, -0.15) is 0 Å². The summed E-state index contributed by atoms with van der Waals surface area (Å²) in [7, 11) is 0. The Morgan fingerprint density at radius 1 is 1.12 bits per heavy atom. The molecule has 1 aromatic carbocycles. The third-order valence-corrected chi connectivity index (χ3v) is 2.42. The van der Waals surface area contributed by atoms with Crippen LogP contribution >= 0.6 is 0 Å². The minimum atomic E-state index is 0.196. The van der Waals surface area contributed by atoms with E-state index in [4.69, 9.17) is 0 Å². The molecule has 17 heavy (non-hydrogen) atoms. The lowest BCUT2D eigenvalue weighted by Crippen LogP contribution is -1.95. The van der Waals surface area contributed by atoms with Crippen LogP contribution < -0.4 is 0 Å². The van der Waals surface area contributed by atoms with E-state index in [9.17, 15) is 4.79 Å². The maximum atomic E-state index is 11.3. The number of benzene rings is 1. The lowest BCUT2D eigenvalue weighted by molar-refractivity contribution is -0.115. The summed E-state index contributed by atoms with van der Waals surface area (Å²) in [5.41, 5.74) is 1.97. The van der Waals surface area contributed by atoms with Crippen molar-refractivity contribution in [2.24, 2.45) is 0 Å². The molecule has 0 spiro atoms. The number of rotatable bonds is 5. The Labute approximate surface area is 103 Å². The molecule has 0 fully saturated rings. The quantitative estimate of drug-likeness (QED) is 0.543. The zero-order valence-corrected chi connectivity index (χ0v) is 10.4. The van der Waals surface area contributed by atoms with Crippen LogP contribution in [-0.2, 0) is 4.79 Å². The number of carbonyl (C=O) groups excluding carboxylic acids is 1. The van der Waals surface area contributed by atoms with E-state index in [1.807, 2.05) is 74.6 Å². The van der Waals surface area contributed by atoms with E-state index in [-0.39, 0.29) is 5.78 Å². The van der Waals surface area contributed by atoms with Crippen LogP contribution in [0.15, 0.2) is 60.2 Å². The molecule has 0 aliphatic heterocycles. The van der Waals surface area contributed by atoms with Gasteiger partial charge in [-0.15, -0.1) is 0 Å². The number of Topliss-reactive ketones (excluding diaryl/α,β-unsaturated/α-hetero) is 1. The van der Waals surface area contributed by atoms with Crippen molar-refractivity contribution in [3.05, 3.63) is 65.8 Å². The largest absolute Gasteiger partial charge is 0.295 e. The van der Waals surface area contributed by atoms with E-state index in [0.29, 0.717) is 6.42 Å². The second-order valence-corrected chi connectivity index (χ2v) is 3.78. The summed E-state index contributed by atoms with van der Waals surface area (Å²) in [5, 5.41) is 0. The molecule has 0 aromatic heterocycles. The van der Waals surface area contributed by atoms with Crippen molar-refractivity contribution in [3.63, 3.8) is 0 Å². The van der Waals surface area contributed by atoms with E-state index in [1.54, 1.807) is 0 Å². The zero-order chi connectivity index (χ0) is 12.5. The van der Waals surface area contributed by atoms with Gasteiger partial charge in [-0.3, -0.25) is 4.79 Å². The number of hydrogen-bond donors (Lipinski definition) is 0. The van der Waals surface area contributed by atoms with Crippen molar-refractivity contribution in [1.29, 1.82) is 0 Å². The molecule has 1 heteroatoms. The predicted octanol–water partition coefficient (Wildman–Crippen LogP) is 4.18. The summed E-state index contributed by atoms with van der Waals surface area (Å²) in [5.74, 6) is 0.196. The van der Waals surface area contributed by atoms with E-state index in [2.05, 4.69) is 0 Å². The number of hydrogen-bond acceptors (Lipinski definition) is 1. The van der Waals surface area contributed by atoms with Gasteiger partial charge in [0.25, 0.3) is 0 Å². The van der Waals surface area contributed by atoms with Crippen LogP contribution in [0.3, 0.4) is 0 Å². The monoisotopic (exact) mass is 226 g/mol. The molecule has 1 rings (SSSR count). The Hall–Kier alpha value is -1.89. The van der Waals surface area contributed by atoms with E-state index >= 15 is 0 Å². The molecule has 1 nitrogen and oxygen atoms in total. The molecule has 88 valence electrons. The number of ketones is 1. The van der Waals surface area contributed by atoms with Gasteiger partial charge >= 0.3 is 0 Å². The summed E-state index contributed by atoms with van der Waals surface area (Å²) in [6, 6.07) is 10.1. The summed E-state index contributed by atoms with van der Waals surface area (Å²) in [6.07, 6.45) is 10.2. The third-order valence-electron chi connectivity index (χ3n) is 2.42. The lowest BCUT2D eigenvalue weighted by atomic mass is 10.1. The van der Waals surface area contributed by atoms with Crippen molar-refractivity contribution < 1.29 is 4.79 Å². The Kier molecular flexibility index (Phi) is 5.73. The first-order valence-corrected chi connectivity index (χ1v) is 5.84. The van der Waals surface area contributed by atoms with Crippen LogP contribution in [0, 0.1) is 0 Å². The first kappa shape index (κ1) is 13.2. The van der Waals surface area contributed by atoms with Crippen molar-refractivity contribution in [2.45, 2.75) is 20.3 Å². The van der Waals surface area contributed by atoms with Crippen LogP contribution in [-0.4, -0.2) is 5.78 Å². The molecule has 1 aromatic rings. The fraction of sp³-hybridized carbons (Fsp3) is 0.188. The van der Waals surface area contributed by atoms with Gasteiger partial charge in [0, 0.05) is 6.42 Å². The standard InChI is InChI=1S/C16H18O/c1-3-16(17)14(2)10-6-4-7-11-15-12-8-5-9-13-15/h4-13H,3H2,1-2H3. The second kappa shape index (κ2) is 7.39. The normalized spacial score (nSPS) is 12.5. The molecular formula is C16H18O. The average Bonchev–Trinajstić information content (AvgIpc) is 2.38. The molecule has 0 aliphatic carbocycles. The Bertz CT molecular complexity index is 436. The van der Waals surface area contributed by atoms with Gasteiger partial charge in [0.15, 0.2) is 5.78 Å². The highest BCUT2D eigenvalue weighted by Gasteiger charge is 1.97. The van der Waals surface area contributed by atoms with Crippen LogP contribution in [0.25, 0.3) is 6.08 Å². The summed E-state index contributed by atoms with van der Waals surface area (Å²) >= 11 is 0. The first-order valence-electron chi connectivity index (χ1n) is 5.84. The molecular weight excluding hydrogens is 208 g/mol. The highest BCUT2D eigenvalue weighted by atomic mass is 16.1. The minimum absolute atomic E-state index is 0.196. The Morgan fingerprint density at radius 3 is 2.47 bits per heavy atom. The van der Waals surface area contributed by atoms with Gasteiger partial charge in [-0.05, 0) is 18.1 Å². The fourth-order valence-corrected chi connectivity index (χ4v) is 1.37. The summed E-state index contributed by atoms with van der Waals surface area (Å²) in [6.45, 7) is 3.72. The second-order valence-electron chi connectivity index (χ2n) is 3.78. The highest BCUT2D eigenvalue weighted by molar-refractivity contribution is 5.94. The van der Waals surface area contributed by atoms with Gasteiger partial charge in [0.2, 0.25) is 0 Å². The van der Waals surface area contributed by atoms with Gasteiger partial charge in [-0.1, -0.05) is 67.6 Å². The smallest absolute Gasteiger partial charge is 0.158 e. The Balaban J connectivity index is 2.51. The number of allylic oxidation sites excluding steroid dienone is 5. The summed E-state index contributed by atoms with van der Waals surface area (Å²) in [4.78, 5) is 11.3. The van der Waals surface area contributed by atoms with Crippen molar-refractivity contribution >= 4 is 11.9 Å². The predicted molar refractivity (Wildman–Crippen MR) is 73.7 cm³/mol. The topological polar surface area (TPSA) is 17.1 Å². The third kappa shape index (κ3) is 5.12. The maximum Gasteiger partial charge on any atom is 0.158 e. The maximum absolute atomic E-state index is 11.3. The van der Waals surface area contributed by atoms with Crippen molar-refractivity contribution in [3.8, 4) is 0 Å². The Morgan fingerprint density at radius 2 is 1.82 bits per heavy atom. The van der Waals surface area contributed by atoms with Crippen LogP contribution in [0.5, 0.6) is 0 Å². The minimum Gasteiger partial charge on any atom is -0.295 e. The van der Waals surface area contributed by atoms with Crippen molar-refractivity contribution in [2.75, 3.05) is 0 Å².